The first kappa shape index (κ1) is 20.0. The number of aryl methyl sites for hydroxylation is 1. The fourth-order valence-electron chi connectivity index (χ4n) is 3.24. The van der Waals surface area contributed by atoms with Crippen LogP contribution < -0.4 is 10.1 Å². The molecular weight excluding hydrogens is 383 g/mol. The van der Waals surface area contributed by atoms with Crippen molar-refractivity contribution >= 4 is 29.1 Å². The number of carbonyl (C=O) groups is 1. The number of amides is 1. The Hall–Kier alpha value is -1.75. The molecule has 0 radical (unpaired) electrons. The molecule has 0 spiro atoms. The molecule has 2 aromatic carbocycles. The van der Waals surface area contributed by atoms with Crippen molar-refractivity contribution in [2.45, 2.75) is 25.9 Å². The molecule has 3 rings (SSSR count). The molecule has 0 aliphatic carbocycles. The molecule has 1 N–H and O–H groups in total. The van der Waals surface area contributed by atoms with Crippen molar-refractivity contribution in [1.82, 2.24) is 10.2 Å². The number of benzene rings is 2. The lowest BCUT2D eigenvalue weighted by molar-refractivity contribution is 0.0905. The van der Waals surface area contributed by atoms with Crippen molar-refractivity contribution in [3.05, 3.63) is 63.6 Å². The van der Waals surface area contributed by atoms with Gasteiger partial charge in [0.2, 0.25) is 0 Å². The van der Waals surface area contributed by atoms with Gasteiger partial charge in [-0.3, -0.25) is 4.79 Å². The summed E-state index contributed by atoms with van der Waals surface area (Å²) < 4.78 is 6.01. The number of likely N-dealkylation sites (tertiary alicyclic amines) is 1. The van der Waals surface area contributed by atoms with Crippen LogP contribution in [0.15, 0.2) is 42.5 Å². The van der Waals surface area contributed by atoms with E-state index in [1.807, 2.05) is 37.3 Å². The predicted octanol–water partition coefficient (Wildman–Crippen LogP) is 4.58. The van der Waals surface area contributed by atoms with E-state index in [2.05, 4.69) is 10.2 Å². The lowest BCUT2D eigenvalue weighted by Crippen LogP contribution is -2.42. The maximum Gasteiger partial charge on any atom is 0.251 e. The molecule has 27 heavy (non-hydrogen) atoms. The van der Waals surface area contributed by atoms with E-state index in [-0.39, 0.29) is 12.0 Å². The lowest BCUT2D eigenvalue weighted by Gasteiger charge is -2.32. The van der Waals surface area contributed by atoms with Gasteiger partial charge in [-0.05, 0) is 43.5 Å². The van der Waals surface area contributed by atoms with Crippen LogP contribution >= 0.6 is 23.2 Å². The summed E-state index contributed by atoms with van der Waals surface area (Å²) in [6.07, 6.45) is 2.08. The van der Waals surface area contributed by atoms with Gasteiger partial charge >= 0.3 is 0 Å². The largest absolute Gasteiger partial charge is 0.490 e. The van der Waals surface area contributed by atoms with Crippen molar-refractivity contribution in [2.75, 3.05) is 26.2 Å². The number of hydrogen-bond acceptors (Lipinski definition) is 3. The summed E-state index contributed by atoms with van der Waals surface area (Å²) in [6.45, 7) is 5.34. The molecule has 144 valence electrons. The van der Waals surface area contributed by atoms with Crippen molar-refractivity contribution in [3.63, 3.8) is 0 Å². The first-order valence-electron chi connectivity index (χ1n) is 9.21. The third kappa shape index (κ3) is 5.61. The molecule has 6 heteroatoms. The normalized spacial score (nSPS) is 15.5. The molecule has 4 nitrogen and oxygen atoms in total. The minimum Gasteiger partial charge on any atom is -0.490 e. The number of ether oxygens (including phenoxy) is 1. The molecule has 1 aliphatic rings. The molecular formula is C21H24Cl2N2O2. The third-order valence-electron chi connectivity index (χ3n) is 4.83. The van der Waals surface area contributed by atoms with Crippen LogP contribution in [-0.2, 0) is 0 Å². The molecule has 0 unspecified atom stereocenters. The number of carbonyl (C=O) groups excluding carboxylic acids is 1. The topological polar surface area (TPSA) is 41.6 Å². The van der Waals surface area contributed by atoms with Gasteiger partial charge in [0.25, 0.3) is 5.91 Å². The monoisotopic (exact) mass is 406 g/mol. The summed E-state index contributed by atoms with van der Waals surface area (Å²) in [4.78, 5) is 14.6. The van der Waals surface area contributed by atoms with Crippen molar-refractivity contribution < 1.29 is 9.53 Å². The minimum atomic E-state index is -0.00839. The Kier molecular flexibility index (Phi) is 7.00. The lowest BCUT2D eigenvalue weighted by atomic mass is 10.1. The van der Waals surface area contributed by atoms with Crippen LogP contribution in [0.3, 0.4) is 0 Å². The molecule has 1 saturated heterocycles. The van der Waals surface area contributed by atoms with E-state index in [0.29, 0.717) is 16.6 Å². The highest BCUT2D eigenvalue weighted by Crippen LogP contribution is 2.28. The molecule has 0 saturated carbocycles. The van der Waals surface area contributed by atoms with Gasteiger partial charge in [0.1, 0.15) is 11.9 Å². The average Bonchev–Trinajstić information content (AvgIpc) is 2.66. The Morgan fingerprint density at radius 1 is 1.15 bits per heavy atom. The molecule has 1 amide bonds. The zero-order chi connectivity index (χ0) is 19.2. The van der Waals surface area contributed by atoms with Gasteiger partial charge in [-0.2, -0.15) is 0 Å². The minimum absolute atomic E-state index is 0.00839. The zero-order valence-corrected chi connectivity index (χ0v) is 16.9. The highest BCUT2D eigenvalue weighted by atomic mass is 35.5. The maximum absolute atomic E-state index is 12.2. The fourth-order valence-corrected chi connectivity index (χ4v) is 3.53. The SMILES string of the molecule is Cc1ccccc1C(=O)NCCN1CCC(Oc2ccc(Cl)c(Cl)c2)CC1. The van der Waals surface area contributed by atoms with Crippen LogP contribution in [-0.4, -0.2) is 43.1 Å². The van der Waals surface area contributed by atoms with E-state index in [4.69, 9.17) is 27.9 Å². The van der Waals surface area contributed by atoms with Gasteiger partial charge in [0.05, 0.1) is 10.0 Å². The highest BCUT2D eigenvalue weighted by molar-refractivity contribution is 6.42. The van der Waals surface area contributed by atoms with Crippen LogP contribution in [0.25, 0.3) is 0 Å². The van der Waals surface area contributed by atoms with Crippen LogP contribution in [0, 0.1) is 6.92 Å². The van der Waals surface area contributed by atoms with E-state index in [0.717, 1.165) is 49.4 Å². The van der Waals surface area contributed by atoms with E-state index in [1.54, 1.807) is 12.1 Å². The molecule has 1 fully saturated rings. The van der Waals surface area contributed by atoms with Crippen LogP contribution in [0.1, 0.15) is 28.8 Å². The maximum atomic E-state index is 12.2. The number of rotatable bonds is 6. The molecule has 0 atom stereocenters. The van der Waals surface area contributed by atoms with Gasteiger partial charge in [0, 0.05) is 37.8 Å². The summed E-state index contributed by atoms with van der Waals surface area (Å²) in [5.41, 5.74) is 1.74. The summed E-state index contributed by atoms with van der Waals surface area (Å²) in [5, 5.41) is 4.05. The number of hydrogen-bond donors (Lipinski definition) is 1. The second-order valence-electron chi connectivity index (χ2n) is 6.81. The molecule has 0 aromatic heterocycles. The van der Waals surface area contributed by atoms with Crippen molar-refractivity contribution in [1.29, 1.82) is 0 Å². The van der Waals surface area contributed by atoms with Crippen LogP contribution in [0.4, 0.5) is 0 Å². The second-order valence-corrected chi connectivity index (χ2v) is 7.62. The summed E-state index contributed by atoms with van der Waals surface area (Å²) in [5.74, 6) is 0.749. The zero-order valence-electron chi connectivity index (χ0n) is 15.4. The standard InChI is InChI=1S/C21H24Cl2N2O2/c1-15-4-2-3-5-18(15)21(26)24-10-13-25-11-8-16(9-12-25)27-17-6-7-19(22)20(23)14-17/h2-7,14,16H,8-13H2,1H3,(H,24,26). The van der Waals surface area contributed by atoms with Crippen LogP contribution in [0.5, 0.6) is 5.75 Å². The smallest absolute Gasteiger partial charge is 0.251 e. The van der Waals surface area contributed by atoms with E-state index < -0.39 is 0 Å². The van der Waals surface area contributed by atoms with Gasteiger partial charge in [-0.1, -0.05) is 41.4 Å². The number of halogens is 2. The quantitative estimate of drug-likeness (QED) is 0.763. The summed E-state index contributed by atoms with van der Waals surface area (Å²) in [7, 11) is 0. The Bertz CT molecular complexity index is 790. The average molecular weight is 407 g/mol. The molecule has 1 heterocycles. The van der Waals surface area contributed by atoms with E-state index in [9.17, 15) is 4.79 Å². The van der Waals surface area contributed by atoms with Gasteiger partial charge < -0.3 is 15.0 Å². The number of piperidine rings is 1. The van der Waals surface area contributed by atoms with Gasteiger partial charge in [0.15, 0.2) is 0 Å². The number of nitrogens with zero attached hydrogens (tertiary/aromatic N) is 1. The molecule has 1 aliphatic heterocycles. The first-order chi connectivity index (χ1) is 13.0. The van der Waals surface area contributed by atoms with E-state index >= 15 is 0 Å². The van der Waals surface area contributed by atoms with E-state index in [1.165, 1.54) is 0 Å². The van der Waals surface area contributed by atoms with Crippen LogP contribution in [0.2, 0.25) is 10.0 Å². The predicted molar refractivity (Wildman–Crippen MR) is 110 cm³/mol. The third-order valence-corrected chi connectivity index (χ3v) is 5.57. The Morgan fingerprint density at radius 2 is 1.89 bits per heavy atom. The van der Waals surface area contributed by atoms with Crippen molar-refractivity contribution in [2.24, 2.45) is 0 Å². The first-order valence-corrected chi connectivity index (χ1v) is 9.96. The highest BCUT2D eigenvalue weighted by Gasteiger charge is 2.20. The fraction of sp³-hybridized carbons (Fsp3) is 0.381. The summed E-state index contributed by atoms with van der Waals surface area (Å²) in [6, 6.07) is 13.0. The Labute approximate surface area is 170 Å². The Morgan fingerprint density at radius 3 is 2.59 bits per heavy atom. The molecule has 2 aromatic rings. The Balaban J connectivity index is 1.39. The van der Waals surface area contributed by atoms with Gasteiger partial charge in [-0.15, -0.1) is 0 Å². The van der Waals surface area contributed by atoms with Gasteiger partial charge in [-0.25, -0.2) is 0 Å². The van der Waals surface area contributed by atoms with Crippen molar-refractivity contribution in [3.8, 4) is 5.75 Å². The second kappa shape index (κ2) is 9.45. The number of nitrogens with one attached hydrogen (secondary N) is 1. The molecule has 0 bridgehead atoms. The summed E-state index contributed by atoms with van der Waals surface area (Å²) >= 11 is 12.0.